The van der Waals surface area contributed by atoms with Crippen LogP contribution >= 0.6 is 0 Å². The Bertz CT molecular complexity index is 518. The number of carbonyl (C=O) groups is 1. The molecule has 0 aromatic carbocycles. The lowest BCUT2D eigenvalue weighted by molar-refractivity contribution is 0.0686. The highest BCUT2D eigenvalue weighted by molar-refractivity contribution is 5.87. The number of fused-ring (bicyclic) bond motifs is 1. The van der Waals surface area contributed by atoms with Gasteiger partial charge in [0.15, 0.2) is 5.69 Å². The van der Waals surface area contributed by atoms with Gasteiger partial charge in [-0.25, -0.2) is 9.78 Å². The van der Waals surface area contributed by atoms with Gasteiger partial charge in [-0.05, 0) is 45.8 Å². The fraction of sp³-hybridized carbons (Fsp3) is 0.714. The van der Waals surface area contributed by atoms with E-state index in [1.165, 1.54) is 0 Å². The molecule has 3 rings (SSSR count). The van der Waals surface area contributed by atoms with E-state index >= 15 is 0 Å². The molecule has 0 bridgehead atoms. The van der Waals surface area contributed by atoms with Crippen molar-refractivity contribution >= 4 is 5.97 Å². The molecule has 0 aliphatic carbocycles. The van der Waals surface area contributed by atoms with E-state index in [0.717, 1.165) is 37.4 Å². The Hall–Kier alpha value is -1.40. The molecule has 6 heteroatoms. The molecule has 1 aromatic heterocycles. The van der Waals surface area contributed by atoms with Crippen molar-refractivity contribution < 1.29 is 15.0 Å². The molecule has 1 unspecified atom stereocenters. The fourth-order valence-electron chi connectivity index (χ4n) is 3.32. The number of aliphatic hydroxyl groups is 1. The minimum Gasteiger partial charge on any atom is -0.476 e. The first kappa shape index (κ1) is 13.6. The number of rotatable bonds is 2. The van der Waals surface area contributed by atoms with E-state index in [9.17, 15) is 15.0 Å². The van der Waals surface area contributed by atoms with Crippen LogP contribution < -0.4 is 0 Å². The largest absolute Gasteiger partial charge is 0.476 e. The van der Waals surface area contributed by atoms with Crippen LogP contribution in [0.25, 0.3) is 0 Å². The van der Waals surface area contributed by atoms with E-state index < -0.39 is 5.97 Å². The second kappa shape index (κ2) is 5.18. The van der Waals surface area contributed by atoms with Gasteiger partial charge in [-0.3, -0.25) is 0 Å². The number of aromatic carboxylic acids is 1. The predicted molar refractivity (Wildman–Crippen MR) is 73.0 cm³/mol. The molecule has 20 heavy (non-hydrogen) atoms. The van der Waals surface area contributed by atoms with Gasteiger partial charge in [0.2, 0.25) is 0 Å². The number of carboxylic acids is 1. The first-order valence-corrected chi connectivity index (χ1v) is 7.25. The molecular weight excluding hydrogens is 258 g/mol. The van der Waals surface area contributed by atoms with Gasteiger partial charge in [-0.15, -0.1) is 0 Å². The summed E-state index contributed by atoms with van der Waals surface area (Å²) in [4.78, 5) is 18.0. The van der Waals surface area contributed by atoms with Gasteiger partial charge < -0.3 is 19.7 Å². The Morgan fingerprint density at radius 2 is 2.00 bits per heavy atom. The summed E-state index contributed by atoms with van der Waals surface area (Å²) in [6.07, 6.45) is 2.84. The summed E-state index contributed by atoms with van der Waals surface area (Å²) in [6.45, 7) is 2.51. The van der Waals surface area contributed by atoms with Crippen LogP contribution in [-0.4, -0.2) is 56.9 Å². The van der Waals surface area contributed by atoms with Crippen LogP contribution in [0.15, 0.2) is 0 Å². The summed E-state index contributed by atoms with van der Waals surface area (Å²) < 4.78 is 1.97. The maximum absolute atomic E-state index is 11.4. The number of hydrogen-bond donors (Lipinski definition) is 2. The summed E-state index contributed by atoms with van der Waals surface area (Å²) in [6, 6.07) is 0. The van der Waals surface area contributed by atoms with E-state index in [1.807, 2.05) is 4.57 Å². The standard InChI is InChI=1S/C14H21N3O3/c1-16-6-4-9(5-7-16)13-15-12(14(19)20)11-3-2-10(18)8-17(11)13/h9-10,18H,2-8H2,1H3,(H,19,20). The maximum atomic E-state index is 11.4. The van der Waals surface area contributed by atoms with Crippen LogP contribution in [0.5, 0.6) is 0 Å². The Balaban J connectivity index is 1.96. The van der Waals surface area contributed by atoms with Crippen molar-refractivity contribution in [2.24, 2.45) is 0 Å². The molecule has 0 saturated carbocycles. The van der Waals surface area contributed by atoms with Gasteiger partial charge in [0.25, 0.3) is 0 Å². The maximum Gasteiger partial charge on any atom is 0.356 e. The number of imidazole rings is 1. The van der Waals surface area contributed by atoms with Crippen molar-refractivity contribution in [1.29, 1.82) is 0 Å². The Labute approximate surface area is 118 Å². The smallest absolute Gasteiger partial charge is 0.356 e. The number of aromatic nitrogens is 2. The Morgan fingerprint density at radius 1 is 1.30 bits per heavy atom. The minimum atomic E-state index is -0.954. The van der Waals surface area contributed by atoms with Crippen molar-refractivity contribution in [3.05, 3.63) is 17.2 Å². The van der Waals surface area contributed by atoms with Crippen molar-refractivity contribution in [3.63, 3.8) is 0 Å². The van der Waals surface area contributed by atoms with E-state index in [1.54, 1.807) is 0 Å². The van der Waals surface area contributed by atoms with Crippen LogP contribution in [0.4, 0.5) is 0 Å². The lowest BCUT2D eigenvalue weighted by Gasteiger charge is -2.30. The predicted octanol–water partition coefficient (Wildman–Crippen LogP) is 0.698. The van der Waals surface area contributed by atoms with Gasteiger partial charge in [-0.1, -0.05) is 0 Å². The average Bonchev–Trinajstić information content (AvgIpc) is 2.78. The lowest BCUT2D eigenvalue weighted by Crippen LogP contribution is -2.32. The topological polar surface area (TPSA) is 78.6 Å². The summed E-state index contributed by atoms with van der Waals surface area (Å²) in [7, 11) is 2.10. The zero-order valence-electron chi connectivity index (χ0n) is 11.7. The summed E-state index contributed by atoms with van der Waals surface area (Å²) >= 11 is 0. The van der Waals surface area contributed by atoms with Gasteiger partial charge in [0, 0.05) is 5.92 Å². The van der Waals surface area contributed by atoms with E-state index in [2.05, 4.69) is 16.9 Å². The molecule has 2 aliphatic rings. The molecule has 3 heterocycles. The average molecular weight is 279 g/mol. The Morgan fingerprint density at radius 3 is 2.65 bits per heavy atom. The van der Waals surface area contributed by atoms with Gasteiger partial charge >= 0.3 is 5.97 Å². The third kappa shape index (κ3) is 2.33. The quantitative estimate of drug-likeness (QED) is 0.833. The second-order valence-corrected chi connectivity index (χ2v) is 5.95. The third-order valence-corrected chi connectivity index (χ3v) is 4.50. The zero-order chi connectivity index (χ0) is 14.3. The summed E-state index contributed by atoms with van der Waals surface area (Å²) in [5.41, 5.74) is 0.975. The molecular formula is C14H21N3O3. The second-order valence-electron chi connectivity index (χ2n) is 5.95. The van der Waals surface area contributed by atoms with E-state index in [0.29, 0.717) is 25.3 Å². The zero-order valence-corrected chi connectivity index (χ0v) is 11.7. The van der Waals surface area contributed by atoms with Gasteiger partial charge in [-0.2, -0.15) is 0 Å². The number of likely N-dealkylation sites (tertiary alicyclic amines) is 1. The van der Waals surface area contributed by atoms with Gasteiger partial charge in [0.1, 0.15) is 5.82 Å². The third-order valence-electron chi connectivity index (χ3n) is 4.50. The summed E-state index contributed by atoms with van der Waals surface area (Å²) in [5, 5.41) is 19.2. The number of aliphatic hydroxyl groups excluding tert-OH is 1. The van der Waals surface area contributed by atoms with Crippen molar-refractivity contribution in [2.75, 3.05) is 20.1 Å². The molecule has 1 atom stereocenters. The number of hydrogen-bond acceptors (Lipinski definition) is 4. The van der Waals surface area contributed by atoms with Crippen LogP contribution in [-0.2, 0) is 13.0 Å². The van der Waals surface area contributed by atoms with Crippen LogP contribution in [0, 0.1) is 0 Å². The molecule has 0 radical (unpaired) electrons. The van der Waals surface area contributed by atoms with Crippen LogP contribution in [0.1, 0.15) is 47.2 Å². The van der Waals surface area contributed by atoms with Crippen molar-refractivity contribution in [3.8, 4) is 0 Å². The fourth-order valence-corrected chi connectivity index (χ4v) is 3.32. The lowest BCUT2D eigenvalue weighted by atomic mass is 9.95. The number of nitrogens with zero attached hydrogens (tertiary/aromatic N) is 3. The molecule has 1 saturated heterocycles. The van der Waals surface area contributed by atoms with Crippen LogP contribution in [0.2, 0.25) is 0 Å². The minimum absolute atomic E-state index is 0.186. The molecule has 1 fully saturated rings. The number of carboxylic acid groups (broad SMARTS) is 1. The highest BCUT2D eigenvalue weighted by Crippen LogP contribution is 2.31. The first-order chi connectivity index (χ1) is 9.56. The molecule has 2 aliphatic heterocycles. The molecule has 6 nitrogen and oxygen atoms in total. The highest BCUT2D eigenvalue weighted by Gasteiger charge is 2.31. The van der Waals surface area contributed by atoms with Crippen molar-refractivity contribution in [1.82, 2.24) is 14.5 Å². The molecule has 1 aromatic rings. The van der Waals surface area contributed by atoms with E-state index in [-0.39, 0.29) is 11.8 Å². The molecule has 2 N–H and O–H groups in total. The normalized spacial score (nSPS) is 24.6. The van der Waals surface area contributed by atoms with Gasteiger partial charge in [0.05, 0.1) is 18.3 Å². The van der Waals surface area contributed by atoms with Crippen LogP contribution in [0.3, 0.4) is 0 Å². The first-order valence-electron chi connectivity index (χ1n) is 7.25. The SMILES string of the molecule is CN1CCC(c2nc(C(=O)O)c3n2CC(O)CC3)CC1. The monoisotopic (exact) mass is 279 g/mol. The Kier molecular flexibility index (Phi) is 3.52. The molecule has 110 valence electrons. The van der Waals surface area contributed by atoms with Crippen molar-refractivity contribution in [2.45, 2.75) is 44.2 Å². The molecule has 0 amide bonds. The highest BCUT2D eigenvalue weighted by atomic mass is 16.4. The summed E-state index contributed by atoms with van der Waals surface area (Å²) in [5.74, 6) is 0.219. The van der Waals surface area contributed by atoms with E-state index in [4.69, 9.17) is 0 Å². The number of piperidine rings is 1. The molecule has 0 spiro atoms.